The van der Waals surface area contributed by atoms with Crippen LogP contribution in [0.2, 0.25) is 0 Å². The summed E-state index contributed by atoms with van der Waals surface area (Å²) in [5.41, 5.74) is 1.84. The average molecular weight is 354 g/mol. The molecule has 26 heavy (non-hydrogen) atoms. The molecule has 0 radical (unpaired) electrons. The van der Waals surface area contributed by atoms with Crippen molar-refractivity contribution in [3.63, 3.8) is 0 Å². The van der Waals surface area contributed by atoms with Gasteiger partial charge in [0, 0.05) is 6.54 Å². The van der Waals surface area contributed by atoms with Crippen molar-refractivity contribution in [2.45, 2.75) is 38.8 Å². The zero-order valence-corrected chi connectivity index (χ0v) is 14.9. The van der Waals surface area contributed by atoms with Crippen LogP contribution < -0.4 is 5.06 Å². The van der Waals surface area contributed by atoms with E-state index in [1.165, 1.54) is 4.90 Å². The molecule has 1 aromatic carbocycles. The van der Waals surface area contributed by atoms with E-state index < -0.39 is 18.1 Å². The van der Waals surface area contributed by atoms with E-state index in [1.54, 1.807) is 17.4 Å². The lowest BCUT2D eigenvalue weighted by molar-refractivity contribution is -0.143. The number of anilines is 1. The minimum absolute atomic E-state index is 0.175. The molecule has 0 spiro atoms. The fourth-order valence-corrected chi connectivity index (χ4v) is 3.78. The van der Waals surface area contributed by atoms with Gasteiger partial charge in [-0.05, 0) is 37.1 Å². The van der Waals surface area contributed by atoms with Crippen LogP contribution in [0.4, 0.5) is 5.69 Å². The molecule has 0 saturated carbocycles. The van der Waals surface area contributed by atoms with Crippen LogP contribution in [0.15, 0.2) is 47.1 Å². The highest BCUT2D eigenvalue weighted by molar-refractivity contribution is 6.07. The van der Waals surface area contributed by atoms with Crippen molar-refractivity contribution in [2.75, 3.05) is 11.6 Å². The van der Waals surface area contributed by atoms with Crippen molar-refractivity contribution >= 4 is 17.5 Å². The number of hydroxylamine groups is 1. The summed E-state index contributed by atoms with van der Waals surface area (Å²) in [5, 5.41) is 1.68. The number of imide groups is 1. The number of para-hydroxylation sites is 1. The molecule has 3 atom stereocenters. The van der Waals surface area contributed by atoms with Crippen LogP contribution in [-0.4, -0.2) is 29.4 Å². The molecule has 2 aliphatic rings. The van der Waals surface area contributed by atoms with Gasteiger partial charge in [0.15, 0.2) is 6.10 Å². The van der Waals surface area contributed by atoms with Crippen LogP contribution >= 0.6 is 0 Å². The Morgan fingerprint density at radius 3 is 2.58 bits per heavy atom. The van der Waals surface area contributed by atoms with Crippen molar-refractivity contribution in [2.24, 2.45) is 5.92 Å². The van der Waals surface area contributed by atoms with Gasteiger partial charge in [0.25, 0.3) is 5.91 Å². The summed E-state index contributed by atoms with van der Waals surface area (Å²) < 4.78 is 5.61. The van der Waals surface area contributed by atoms with Gasteiger partial charge in [0.1, 0.15) is 17.7 Å². The Bertz CT molecular complexity index is 817. The number of hydrogen-bond acceptors (Lipinski definition) is 5. The van der Waals surface area contributed by atoms with Gasteiger partial charge in [-0.3, -0.25) is 19.3 Å². The molecule has 6 nitrogen and oxygen atoms in total. The molecule has 1 aromatic heterocycles. The average Bonchev–Trinajstić information content (AvgIpc) is 3.33. The number of nitrogens with zero attached hydrogens (tertiary/aromatic N) is 2. The zero-order chi connectivity index (χ0) is 18.3. The van der Waals surface area contributed by atoms with Gasteiger partial charge in [-0.25, -0.2) is 5.06 Å². The second kappa shape index (κ2) is 6.61. The first-order chi connectivity index (χ1) is 12.6. The van der Waals surface area contributed by atoms with Crippen molar-refractivity contribution in [1.82, 2.24) is 4.90 Å². The highest BCUT2D eigenvalue weighted by Gasteiger charge is 2.60. The van der Waals surface area contributed by atoms with Crippen molar-refractivity contribution in [3.05, 3.63) is 54.0 Å². The molecule has 2 amide bonds. The number of unbranched alkanes of at least 4 members (excludes halogenated alkanes) is 1. The fraction of sp³-hybridized carbons (Fsp3) is 0.400. The Balaban J connectivity index is 1.73. The third-order valence-corrected chi connectivity index (χ3v) is 5.13. The van der Waals surface area contributed by atoms with Crippen molar-refractivity contribution < 1.29 is 18.8 Å². The number of rotatable bonds is 5. The van der Waals surface area contributed by atoms with Gasteiger partial charge in [-0.1, -0.05) is 31.5 Å². The van der Waals surface area contributed by atoms with Crippen LogP contribution in [0.3, 0.4) is 0 Å². The van der Waals surface area contributed by atoms with E-state index in [2.05, 4.69) is 0 Å². The summed E-state index contributed by atoms with van der Waals surface area (Å²) in [5.74, 6) is -0.392. The predicted octanol–water partition coefficient (Wildman–Crippen LogP) is 3.23. The number of benzene rings is 1. The number of carbonyl (C=O) groups excluding carboxylic acids is 2. The minimum Gasteiger partial charge on any atom is -0.467 e. The minimum atomic E-state index is -0.797. The quantitative estimate of drug-likeness (QED) is 0.772. The molecule has 2 saturated heterocycles. The summed E-state index contributed by atoms with van der Waals surface area (Å²) >= 11 is 0. The molecular formula is C20H22N2O4. The molecular weight excluding hydrogens is 332 g/mol. The van der Waals surface area contributed by atoms with Crippen LogP contribution in [0.25, 0.3) is 0 Å². The third kappa shape index (κ3) is 2.52. The summed E-state index contributed by atoms with van der Waals surface area (Å²) in [6.07, 6.45) is 2.50. The number of carbonyl (C=O) groups is 2. The van der Waals surface area contributed by atoms with Gasteiger partial charge in [-0.2, -0.15) is 0 Å². The summed E-state index contributed by atoms with van der Waals surface area (Å²) in [6, 6.07) is 10.9. The molecule has 0 unspecified atom stereocenters. The first-order valence-electron chi connectivity index (χ1n) is 9.03. The number of aryl methyl sites for hydroxylation is 1. The van der Waals surface area contributed by atoms with E-state index in [-0.39, 0.29) is 11.8 Å². The summed E-state index contributed by atoms with van der Waals surface area (Å²) in [7, 11) is 0. The predicted molar refractivity (Wildman–Crippen MR) is 95.1 cm³/mol. The monoisotopic (exact) mass is 354 g/mol. The normalized spacial score (nSPS) is 25.2. The number of furan rings is 1. The Morgan fingerprint density at radius 1 is 1.08 bits per heavy atom. The van der Waals surface area contributed by atoms with E-state index >= 15 is 0 Å². The van der Waals surface area contributed by atoms with Gasteiger partial charge in [-0.15, -0.1) is 0 Å². The molecule has 2 fully saturated rings. The van der Waals surface area contributed by atoms with Gasteiger partial charge < -0.3 is 4.42 Å². The largest absolute Gasteiger partial charge is 0.467 e. The Hall–Kier alpha value is -2.60. The summed E-state index contributed by atoms with van der Waals surface area (Å²) in [6.45, 7) is 4.46. The third-order valence-electron chi connectivity index (χ3n) is 5.13. The first-order valence-corrected chi connectivity index (χ1v) is 9.03. The topological polar surface area (TPSA) is 63.0 Å². The second-order valence-corrected chi connectivity index (χ2v) is 6.81. The maximum absolute atomic E-state index is 13.0. The van der Waals surface area contributed by atoms with Crippen molar-refractivity contribution in [1.29, 1.82) is 0 Å². The van der Waals surface area contributed by atoms with E-state index in [0.29, 0.717) is 12.3 Å². The highest BCUT2D eigenvalue weighted by atomic mass is 16.7. The van der Waals surface area contributed by atoms with Crippen LogP contribution in [0.5, 0.6) is 0 Å². The molecule has 2 aliphatic heterocycles. The number of fused-ring (bicyclic) bond motifs is 1. The van der Waals surface area contributed by atoms with Crippen LogP contribution in [0, 0.1) is 12.8 Å². The second-order valence-electron chi connectivity index (χ2n) is 6.81. The molecule has 4 rings (SSSR count). The SMILES string of the molecule is CCCCN1C(=O)[C@H]2[C@H](ON(c3ccccc3C)[C@@H]2c2ccco2)C1=O. The van der Waals surface area contributed by atoms with Crippen molar-refractivity contribution in [3.8, 4) is 0 Å². The Morgan fingerprint density at radius 2 is 1.88 bits per heavy atom. The lowest BCUT2D eigenvalue weighted by Crippen LogP contribution is -2.37. The number of hydrogen-bond donors (Lipinski definition) is 0. The molecule has 3 heterocycles. The van der Waals surface area contributed by atoms with E-state index in [9.17, 15) is 9.59 Å². The lowest BCUT2D eigenvalue weighted by atomic mass is 9.94. The van der Waals surface area contributed by atoms with Crippen LogP contribution in [0.1, 0.15) is 37.1 Å². The molecule has 6 heteroatoms. The Labute approximate surface area is 152 Å². The number of amides is 2. The summed E-state index contributed by atoms with van der Waals surface area (Å²) in [4.78, 5) is 33.2. The zero-order valence-electron chi connectivity index (χ0n) is 14.9. The van der Waals surface area contributed by atoms with Gasteiger partial charge in [0.05, 0.1) is 12.0 Å². The van der Waals surface area contributed by atoms with Gasteiger partial charge >= 0.3 is 0 Å². The van der Waals surface area contributed by atoms with E-state index in [1.807, 2.05) is 44.2 Å². The molecule has 0 bridgehead atoms. The van der Waals surface area contributed by atoms with Gasteiger partial charge in [0.2, 0.25) is 5.91 Å². The fourth-order valence-electron chi connectivity index (χ4n) is 3.78. The number of likely N-dealkylation sites (tertiary alicyclic amines) is 1. The first kappa shape index (κ1) is 16.8. The lowest BCUT2D eigenvalue weighted by Gasteiger charge is -2.28. The molecule has 2 aromatic rings. The Kier molecular flexibility index (Phi) is 4.28. The highest BCUT2D eigenvalue weighted by Crippen LogP contribution is 2.47. The maximum Gasteiger partial charge on any atom is 0.262 e. The standard InChI is InChI=1S/C20H22N2O4/c1-3-4-11-21-19(23)16-17(15-10-7-12-25-15)22(26-18(16)20(21)24)14-9-6-5-8-13(14)2/h5-10,12,16-18H,3-4,11H2,1-2H3/t16-,17-,18+/m1/s1. The van der Waals surface area contributed by atoms with E-state index in [4.69, 9.17) is 9.25 Å². The van der Waals surface area contributed by atoms with Crippen LogP contribution in [-0.2, 0) is 14.4 Å². The maximum atomic E-state index is 13.0. The molecule has 136 valence electrons. The smallest absolute Gasteiger partial charge is 0.262 e. The molecule has 0 aliphatic carbocycles. The van der Waals surface area contributed by atoms with E-state index in [0.717, 1.165) is 24.1 Å². The molecule has 0 N–H and O–H groups in total.